The van der Waals surface area contributed by atoms with E-state index in [1.165, 1.54) is 6.07 Å². The van der Waals surface area contributed by atoms with Crippen molar-refractivity contribution in [2.75, 3.05) is 6.54 Å². The first-order valence-electron chi connectivity index (χ1n) is 7.94. The van der Waals surface area contributed by atoms with Gasteiger partial charge in [-0.1, -0.05) is 0 Å². The van der Waals surface area contributed by atoms with E-state index in [0.29, 0.717) is 11.4 Å². The molecule has 3 heterocycles. The Morgan fingerprint density at radius 3 is 2.84 bits per heavy atom. The summed E-state index contributed by atoms with van der Waals surface area (Å²) in [6, 6.07) is 4.94. The fraction of sp³-hybridized carbons (Fsp3) is 0.294. The Kier molecular flexibility index (Phi) is 4.53. The smallest absolute Gasteiger partial charge is 0.312 e. The molecule has 0 amide bonds. The van der Waals surface area contributed by atoms with E-state index in [1.54, 1.807) is 40.7 Å². The Hall–Kier alpha value is -2.38. The third-order valence-electron chi connectivity index (χ3n) is 4.48. The molecule has 8 heteroatoms. The largest absolute Gasteiger partial charge is 0.331 e. The lowest BCUT2D eigenvalue weighted by molar-refractivity contribution is 0.536. The fourth-order valence-electron chi connectivity index (χ4n) is 3.26. The van der Waals surface area contributed by atoms with Gasteiger partial charge in [0.2, 0.25) is 0 Å². The van der Waals surface area contributed by atoms with Crippen LogP contribution in [0.1, 0.15) is 29.8 Å². The number of nitrogens with one attached hydrogen (secondary N) is 2. The maximum Gasteiger partial charge on any atom is 0.331 e. The van der Waals surface area contributed by atoms with Crippen molar-refractivity contribution in [3.63, 3.8) is 0 Å². The third kappa shape index (κ3) is 2.79. The van der Waals surface area contributed by atoms with Gasteiger partial charge in [0.05, 0.1) is 11.4 Å². The fourth-order valence-corrected chi connectivity index (χ4v) is 3.26. The average Bonchev–Trinajstić information content (AvgIpc) is 3.14. The number of nitrogens with zero attached hydrogens (tertiary/aromatic N) is 3. The van der Waals surface area contributed by atoms with Crippen molar-refractivity contribution in [1.29, 1.82) is 0 Å². The van der Waals surface area contributed by atoms with Crippen molar-refractivity contribution in [3.8, 4) is 11.5 Å². The minimum atomic E-state index is -0.258. The summed E-state index contributed by atoms with van der Waals surface area (Å²) >= 11 is 0. The van der Waals surface area contributed by atoms with E-state index in [-0.39, 0.29) is 30.0 Å². The van der Waals surface area contributed by atoms with Gasteiger partial charge in [-0.25, -0.2) is 13.9 Å². The Morgan fingerprint density at radius 2 is 2.16 bits per heavy atom. The topological polar surface area (TPSA) is 67.6 Å². The first-order valence-corrected chi connectivity index (χ1v) is 7.94. The Labute approximate surface area is 150 Å². The van der Waals surface area contributed by atoms with Gasteiger partial charge >= 0.3 is 5.69 Å². The van der Waals surface area contributed by atoms with E-state index in [0.717, 1.165) is 29.9 Å². The maximum absolute atomic E-state index is 13.6. The van der Waals surface area contributed by atoms with Crippen molar-refractivity contribution in [1.82, 2.24) is 24.6 Å². The van der Waals surface area contributed by atoms with Gasteiger partial charge in [-0.2, -0.15) is 5.10 Å². The second kappa shape index (κ2) is 6.50. The molecule has 25 heavy (non-hydrogen) atoms. The van der Waals surface area contributed by atoms with Crippen LogP contribution < -0.4 is 11.0 Å². The van der Waals surface area contributed by atoms with Crippen molar-refractivity contribution < 1.29 is 4.39 Å². The van der Waals surface area contributed by atoms with Gasteiger partial charge in [-0.15, -0.1) is 12.4 Å². The first-order chi connectivity index (χ1) is 11.6. The van der Waals surface area contributed by atoms with Crippen LogP contribution in [0.25, 0.3) is 11.5 Å². The number of fused-ring (bicyclic) bond motifs is 1. The molecule has 6 nitrogen and oxygen atoms in total. The van der Waals surface area contributed by atoms with Crippen LogP contribution in [0.5, 0.6) is 0 Å². The molecular formula is C17H19ClFN5O. The zero-order valence-corrected chi connectivity index (χ0v) is 14.7. The third-order valence-corrected chi connectivity index (χ3v) is 4.48. The zero-order chi connectivity index (χ0) is 16.8. The molecule has 0 radical (unpaired) electrons. The molecule has 0 aliphatic carbocycles. The summed E-state index contributed by atoms with van der Waals surface area (Å²) in [5.41, 5.74) is 3.02. The van der Waals surface area contributed by atoms with Gasteiger partial charge in [0.1, 0.15) is 11.6 Å². The van der Waals surface area contributed by atoms with Crippen molar-refractivity contribution in [3.05, 3.63) is 63.7 Å². The van der Waals surface area contributed by atoms with Crippen LogP contribution in [0.2, 0.25) is 0 Å². The number of hydrogen-bond donors (Lipinski definition) is 2. The molecule has 1 aliphatic heterocycles. The monoisotopic (exact) mass is 363 g/mol. The predicted molar refractivity (Wildman–Crippen MR) is 95.6 cm³/mol. The molecule has 0 unspecified atom stereocenters. The van der Waals surface area contributed by atoms with Crippen LogP contribution in [-0.4, -0.2) is 25.9 Å². The van der Waals surface area contributed by atoms with E-state index in [9.17, 15) is 9.18 Å². The van der Waals surface area contributed by atoms with E-state index in [4.69, 9.17) is 5.10 Å². The normalized spacial score (nSPS) is 16.4. The maximum atomic E-state index is 13.6. The minimum absolute atomic E-state index is 0. The van der Waals surface area contributed by atoms with E-state index >= 15 is 0 Å². The number of hydrogen-bond acceptors (Lipinski definition) is 3. The zero-order valence-electron chi connectivity index (χ0n) is 13.9. The molecule has 0 saturated heterocycles. The van der Waals surface area contributed by atoms with E-state index in [1.807, 2.05) is 0 Å². The van der Waals surface area contributed by atoms with Crippen molar-refractivity contribution in [2.24, 2.45) is 0 Å². The molecule has 132 valence electrons. The predicted octanol–water partition coefficient (Wildman–Crippen LogP) is 2.43. The minimum Gasteiger partial charge on any atom is -0.312 e. The summed E-state index contributed by atoms with van der Waals surface area (Å²) in [7, 11) is 0. The molecule has 4 rings (SSSR count). The van der Waals surface area contributed by atoms with Crippen molar-refractivity contribution >= 4 is 12.4 Å². The first kappa shape index (κ1) is 17.4. The summed E-state index contributed by atoms with van der Waals surface area (Å²) < 4.78 is 16.9. The van der Waals surface area contributed by atoms with Crippen LogP contribution in [0.4, 0.5) is 4.39 Å². The summed E-state index contributed by atoms with van der Waals surface area (Å²) in [6.07, 6.45) is 4.08. The molecular weight excluding hydrogens is 345 g/mol. The standard InChI is InChI=1S/C17H18FN5O.ClH/c1-10-9-12(3-4-13(10)18)23-16(22-8-7-20-17(22)24)15-11(2)19-6-5-14(15)21-23;/h3-4,7-9,11,19H,5-6H2,1-2H3,(H,20,24);1H/t11-;/m0./s1. The second-order valence-corrected chi connectivity index (χ2v) is 6.09. The summed E-state index contributed by atoms with van der Waals surface area (Å²) in [4.78, 5) is 14.9. The highest BCUT2D eigenvalue weighted by Gasteiger charge is 2.28. The number of rotatable bonds is 2. The van der Waals surface area contributed by atoms with Crippen LogP contribution in [-0.2, 0) is 6.42 Å². The van der Waals surface area contributed by atoms with Crippen LogP contribution in [0.15, 0.2) is 35.4 Å². The molecule has 3 aromatic rings. The Morgan fingerprint density at radius 1 is 1.36 bits per heavy atom. The van der Waals surface area contributed by atoms with Crippen LogP contribution in [0.3, 0.4) is 0 Å². The quantitative estimate of drug-likeness (QED) is 0.734. The average molecular weight is 364 g/mol. The summed E-state index contributed by atoms with van der Waals surface area (Å²) in [6.45, 7) is 4.62. The number of aromatic amines is 1. The molecule has 0 saturated carbocycles. The molecule has 2 aromatic heterocycles. The second-order valence-electron chi connectivity index (χ2n) is 6.09. The van der Waals surface area contributed by atoms with Crippen LogP contribution in [0, 0.1) is 12.7 Å². The van der Waals surface area contributed by atoms with Gasteiger partial charge in [-0.3, -0.25) is 4.57 Å². The molecule has 0 spiro atoms. The van der Waals surface area contributed by atoms with Gasteiger partial charge < -0.3 is 10.3 Å². The van der Waals surface area contributed by atoms with Gasteiger partial charge in [-0.05, 0) is 37.6 Å². The number of benzene rings is 1. The Bertz CT molecular complexity index is 974. The molecule has 2 N–H and O–H groups in total. The van der Waals surface area contributed by atoms with Gasteiger partial charge in [0.25, 0.3) is 0 Å². The number of halogens is 2. The Balaban J connectivity index is 0.00000182. The lowest BCUT2D eigenvalue weighted by Gasteiger charge is -2.20. The molecule has 0 bridgehead atoms. The molecule has 1 aliphatic rings. The number of aromatic nitrogens is 4. The van der Waals surface area contributed by atoms with E-state index < -0.39 is 0 Å². The van der Waals surface area contributed by atoms with Crippen molar-refractivity contribution in [2.45, 2.75) is 26.3 Å². The summed E-state index contributed by atoms with van der Waals surface area (Å²) in [5.74, 6) is 0.438. The highest BCUT2D eigenvalue weighted by Crippen LogP contribution is 2.30. The number of H-pyrrole nitrogens is 1. The van der Waals surface area contributed by atoms with E-state index in [2.05, 4.69) is 17.2 Å². The molecule has 0 fully saturated rings. The van der Waals surface area contributed by atoms with Gasteiger partial charge in [0.15, 0.2) is 0 Å². The number of aryl methyl sites for hydroxylation is 1. The lowest BCUT2D eigenvalue weighted by Crippen LogP contribution is -2.29. The van der Waals surface area contributed by atoms with Gasteiger partial charge in [0, 0.05) is 37.0 Å². The SMILES string of the molecule is Cc1cc(-n2nc3c(c2-n2cc[nH]c2=O)[C@H](C)NCC3)ccc1F.Cl. The number of imidazole rings is 1. The molecule has 1 atom stereocenters. The summed E-state index contributed by atoms with van der Waals surface area (Å²) in [5, 5.41) is 8.13. The highest BCUT2D eigenvalue weighted by atomic mass is 35.5. The van der Waals surface area contributed by atoms with Crippen LogP contribution >= 0.6 is 12.4 Å². The highest BCUT2D eigenvalue weighted by molar-refractivity contribution is 5.85. The molecule has 1 aromatic carbocycles. The lowest BCUT2D eigenvalue weighted by atomic mass is 10.0.